The van der Waals surface area contributed by atoms with Crippen LogP contribution in [0.4, 0.5) is 5.69 Å². The molecular weight excluding hydrogens is 494 g/mol. The van der Waals surface area contributed by atoms with Crippen molar-refractivity contribution in [2.24, 2.45) is 0 Å². The Hall–Kier alpha value is -4.49. The van der Waals surface area contributed by atoms with Crippen LogP contribution in [-0.2, 0) is 6.61 Å². The number of amides is 1. The van der Waals surface area contributed by atoms with Crippen molar-refractivity contribution in [3.63, 3.8) is 0 Å². The lowest BCUT2D eigenvalue weighted by Crippen LogP contribution is -2.34. The predicted octanol–water partition coefficient (Wildman–Crippen LogP) is 7.13. The minimum atomic E-state index is -0.310. The number of thiocarbonyl (C=S) groups is 1. The summed E-state index contributed by atoms with van der Waals surface area (Å²) in [5, 5.41) is 6.07. The van der Waals surface area contributed by atoms with Crippen LogP contribution in [0.25, 0.3) is 22.6 Å². The third-order valence-electron chi connectivity index (χ3n) is 6.41. The molecule has 0 unspecified atom stereocenters. The van der Waals surface area contributed by atoms with Crippen molar-refractivity contribution in [1.29, 1.82) is 0 Å². The van der Waals surface area contributed by atoms with Gasteiger partial charge in [0.15, 0.2) is 10.7 Å². The fourth-order valence-electron chi connectivity index (χ4n) is 4.07. The number of nitrogens with one attached hydrogen (secondary N) is 2. The molecule has 0 radical (unpaired) electrons. The Morgan fingerprint density at radius 2 is 1.66 bits per heavy atom. The highest BCUT2D eigenvalue weighted by Crippen LogP contribution is 2.31. The molecule has 38 heavy (non-hydrogen) atoms. The number of carbonyl (C=O) groups excluding carboxylic acids is 1. The van der Waals surface area contributed by atoms with E-state index in [9.17, 15) is 4.79 Å². The maximum atomic E-state index is 12.8. The molecule has 1 heterocycles. The molecule has 0 saturated carbocycles. The number of ether oxygens (including phenoxy) is 1. The Balaban J connectivity index is 1.23. The summed E-state index contributed by atoms with van der Waals surface area (Å²) >= 11 is 5.43. The fraction of sp³-hybridized carbons (Fsp3) is 0.129. The highest BCUT2D eigenvalue weighted by molar-refractivity contribution is 7.80. The van der Waals surface area contributed by atoms with E-state index in [0.717, 1.165) is 39.0 Å². The summed E-state index contributed by atoms with van der Waals surface area (Å²) in [5.74, 6) is 0.911. The van der Waals surface area contributed by atoms with E-state index in [1.807, 2.05) is 67.6 Å². The third kappa shape index (κ3) is 5.58. The van der Waals surface area contributed by atoms with E-state index in [0.29, 0.717) is 23.8 Å². The van der Waals surface area contributed by atoms with Crippen molar-refractivity contribution >= 4 is 40.0 Å². The van der Waals surface area contributed by atoms with Crippen LogP contribution in [0.3, 0.4) is 0 Å². The standard InChI is InChI=1S/C31H27N3O3S/c1-19-16-27-28(17-20(19)2)37-30(32-27)25-10-7-11-26(21(25)3)33-31(38)34-29(35)23-12-14-24(15-13-23)36-18-22-8-5-4-6-9-22/h4-17H,18H2,1-3H3,(H2,33,34,35,38). The largest absolute Gasteiger partial charge is 0.489 e. The van der Waals surface area contributed by atoms with Crippen molar-refractivity contribution in [1.82, 2.24) is 10.3 Å². The Kier molecular flexibility index (Phi) is 7.20. The number of anilines is 1. The summed E-state index contributed by atoms with van der Waals surface area (Å²) in [5.41, 5.74) is 7.95. The molecule has 0 fully saturated rings. The number of hydrogen-bond acceptors (Lipinski definition) is 5. The van der Waals surface area contributed by atoms with Gasteiger partial charge in [0.25, 0.3) is 5.91 Å². The van der Waals surface area contributed by atoms with E-state index in [1.54, 1.807) is 24.3 Å². The maximum Gasteiger partial charge on any atom is 0.257 e. The molecule has 5 rings (SSSR count). The molecular formula is C31H27N3O3S. The zero-order chi connectivity index (χ0) is 26.6. The molecule has 0 atom stereocenters. The van der Waals surface area contributed by atoms with Gasteiger partial charge in [-0.05, 0) is 104 Å². The summed E-state index contributed by atoms with van der Waals surface area (Å²) in [6.45, 7) is 6.53. The van der Waals surface area contributed by atoms with Gasteiger partial charge in [-0.25, -0.2) is 4.98 Å². The smallest absolute Gasteiger partial charge is 0.257 e. The Morgan fingerprint density at radius 1 is 0.921 bits per heavy atom. The Morgan fingerprint density at radius 3 is 2.42 bits per heavy atom. The summed E-state index contributed by atoms with van der Waals surface area (Å²) in [6, 6.07) is 26.6. The highest BCUT2D eigenvalue weighted by Gasteiger charge is 2.15. The van der Waals surface area contributed by atoms with Gasteiger partial charge in [-0.2, -0.15) is 0 Å². The second kappa shape index (κ2) is 10.9. The molecule has 0 bridgehead atoms. The first-order chi connectivity index (χ1) is 18.4. The predicted molar refractivity (Wildman–Crippen MR) is 155 cm³/mol. The number of nitrogens with zero attached hydrogens (tertiary/aromatic N) is 1. The van der Waals surface area contributed by atoms with E-state index in [-0.39, 0.29) is 11.0 Å². The van der Waals surface area contributed by atoms with Gasteiger partial charge in [-0.1, -0.05) is 36.4 Å². The van der Waals surface area contributed by atoms with Gasteiger partial charge < -0.3 is 14.5 Å². The molecule has 5 aromatic rings. The van der Waals surface area contributed by atoms with Crippen molar-refractivity contribution in [2.75, 3.05) is 5.32 Å². The van der Waals surface area contributed by atoms with Crippen LogP contribution in [0, 0.1) is 20.8 Å². The van der Waals surface area contributed by atoms with E-state index in [4.69, 9.17) is 21.4 Å². The number of fused-ring (bicyclic) bond motifs is 1. The Labute approximate surface area is 226 Å². The zero-order valence-electron chi connectivity index (χ0n) is 21.4. The highest BCUT2D eigenvalue weighted by atomic mass is 32.1. The first-order valence-electron chi connectivity index (χ1n) is 12.2. The fourth-order valence-corrected chi connectivity index (χ4v) is 4.27. The lowest BCUT2D eigenvalue weighted by atomic mass is 10.1. The van der Waals surface area contributed by atoms with Crippen LogP contribution in [0.2, 0.25) is 0 Å². The van der Waals surface area contributed by atoms with Crippen LogP contribution in [0.5, 0.6) is 5.75 Å². The molecule has 0 aliphatic carbocycles. The summed E-state index contributed by atoms with van der Waals surface area (Å²) in [4.78, 5) is 17.4. The van der Waals surface area contributed by atoms with Gasteiger partial charge in [0.1, 0.15) is 17.9 Å². The van der Waals surface area contributed by atoms with Crippen molar-refractivity contribution in [3.8, 4) is 17.2 Å². The van der Waals surface area contributed by atoms with Gasteiger partial charge in [-0.3, -0.25) is 10.1 Å². The van der Waals surface area contributed by atoms with Gasteiger partial charge in [0.2, 0.25) is 5.89 Å². The molecule has 1 aromatic heterocycles. The number of aromatic nitrogens is 1. The second-order valence-corrected chi connectivity index (χ2v) is 9.52. The van der Waals surface area contributed by atoms with Crippen LogP contribution in [-0.4, -0.2) is 16.0 Å². The number of oxazole rings is 1. The molecule has 0 aliphatic heterocycles. The quantitative estimate of drug-likeness (QED) is 0.232. The van der Waals surface area contributed by atoms with E-state index >= 15 is 0 Å². The number of benzene rings is 4. The molecule has 190 valence electrons. The Bertz CT molecular complexity index is 1590. The lowest BCUT2D eigenvalue weighted by molar-refractivity contribution is 0.0977. The molecule has 2 N–H and O–H groups in total. The minimum Gasteiger partial charge on any atom is -0.489 e. The number of carbonyl (C=O) groups is 1. The molecule has 6 nitrogen and oxygen atoms in total. The van der Waals surface area contributed by atoms with E-state index in [1.165, 1.54) is 5.56 Å². The van der Waals surface area contributed by atoms with E-state index < -0.39 is 0 Å². The maximum absolute atomic E-state index is 12.8. The summed E-state index contributed by atoms with van der Waals surface area (Å²) < 4.78 is 11.8. The molecule has 0 spiro atoms. The number of rotatable bonds is 6. The van der Waals surface area contributed by atoms with Crippen LogP contribution in [0.1, 0.15) is 32.6 Å². The van der Waals surface area contributed by atoms with Gasteiger partial charge >= 0.3 is 0 Å². The molecule has 0 saturated heterocycles. The van der Waals surface area contributed by atoms with E-state index in [2.05, 4.69) is 29.5 Å². The second-order valence-electron chi connectivity index (χ2n) is 9.11. The van der Waals surface area contributed by atoms with Crippen molar-refractivity contribution < 1.29 is 13.9 Å². The van der Waals surface area contributed by atoms with Crippen molar-refractivity contribution in [2.45, 2.75) is 27.4 Å². The molecule has 0 aliphatic rings. The normalized spacial score (nSPS) is 10.8. The average molecular weight is 522 g/mol. The van der Waals surface area contributed by atoms with Gasteiger partial charge in [-0.15, -0.1) is 0 Å². The van der Waals surface area contributed by atoms with Gasteiger partial charge in [0, 0.05) is 16.8 Å². The molecule has 1 amide bonds. The van der Waals surface area contributed by atoms with Crippen molar-refractivity contribution in [3.05, 3.63) is 113 Å². The monoisotopic (exact) mass is 521 g/mol. The topological polar surface area (TPSA) is 76.4 Å². The first kappa shape index (κ1) is 25.2. The van der Waals surface area contributed by atoms with Crippen LogP contribution in [0.15, 0.2) is 89.3 Å². The lowest BCUT2D eigenvalue weighted by Gasteiger charge is -2.13. The first-order valence-corrected chi connectivity index (χ1v) is 12.6. The molecule has 7 heteroatoms. The average Bonchev–Trinajstić information content (AvgIpc) is 3.32. The zero-order valence-corrected chi connectivity index (χ0v) is 22.2. The minimum absolute atomic E-state index is 0.198. The van der Waals surface area contributed by atoms with Crippen LogP contribution >= 0.6 is 12.2 Å². The SMILES string of the molecule is Cc1cc2nc(-c3cccc(NC(=S)NC(=O)c4ccc(OCc5ccccc5)cc4)c3C)oc2cc1C. The number of aryl methyl sites for hydroxylation is 2. The molecule has 4 aromatic carbocycles. The third-order valence-corrected chi connectivity index (χ3v) is 6.61. The number of hydrogen-bond donors (Lipinski definition) is 2. The van der Waals surface area contributed by atoms with Gasteiger partial charge in [0.05, 0.1) is 0 Å². The van der Waals surface area contributed by atoms with Crippen LogP contribution < -0.4 is 15.4 Å². The summed E-state index contributed by atoms with van der Waals surface area (Å²) in [6.07, 6.45) is 0. The summed E-state index contributed by atoms with van der Waals surface area (Å²) in [7, 11) is 0.